The Morgan fingerprint density at radius 1 is 1.18 bits per heavy atom. The fourth-order valence-corrected chi connectivity index (χ4v) is 2.19. The summed E-state index contributed by atoms with van der Waals surface area (Å²) in [4.78, 5) is 4.43. The van der Waals surface area contributed by atoms with E-state index in [4.69, 9.17) is 0 Å². The summed E-state index contributed by atoms with van der Waals surface area (Å²) in [5, 5.41) is 18.2. The lowest BCUT2D eigenvalue weighted by Gasteiger charge is -2.01. The van der Waals surface area contributed by atoms with Crippen molar-refractivity contribution in [3.8, 4) is 5.75 Å². The Balaban J connectivity index is 2.13. The predicted octanol–water partition coefficient (Wildman–Crippen LogP) is 4.72. The van der Waals surface area contributed by atoms with E-state index in [0.717, 1.165) is 5.69 Å². The van der Waals surface area contributed by atoms with Crippen LogP contribution in [0.15, 0.2) is 52.8 Å². The van der Waals surface area contributed by atoms with Crippen LogP contribution in [0.2, 0.25) is 0 Å². The standard InChI is InChI=1S/C16H15FN4O/c1-10(2)14-16(20-19-12-6-3-5-11(17)9-12)21-8-4-7-13(22)15(21)18-14/h3-10,22H,1-2H3. The summed E-state index contributed by atoms with van der Waals surface area (Å²) in [5.74, 6) is 0.360. The number of halogens is 1. The fourth-order valence-electron chi connectivity index (χ4n) is 2.19. The highest BCUT2D eigenvalue weighted by Gasteiger charge is 2.16. The molecule has 3 rings (SSSR count). The second-order valence-electron chi connectivity index (χ2n) is 5.24. The van der Waals surface area contributed by atoms with Crippen LogP contribution in [0, 0.1) is 5.82 Å². The summed E-state index contributed by atoms with van der Waals surface area (Å²) in [7, 11) is 0. The quantitative estimate of drug-likeness (QED) is 0.711. The van der Waals surface area contributed by atoms with E-state index in [-0.39, 0.29) is 17.5 Å². The first kappa shape index (κ1) is 14.2. The van der Waals surface area contributed by atoms with E-state index >= 15 is 0 Å². The van der Waals surface area contributed by atoms with Crippen LogP contribution in [0.4, 0.5) is 15.9 Å². The highest BCUT2D eigenvalue weighted by atomic mass is 19.1. The normalized spacial score (nSPS) is 11.8. The Labute approximate surface area is 126 Å². The van der Waals surface area contributed by atoms with E-state index in [2.05, 4.69) is 15.2 Å². The number of imidazole rings is 1. The molecule has 0 saturated heterocycles. The van der Waals surface area contributed by atoms with Crippen LogP contribution in [-0.2, 0) is 0 Å². The van der Waals surface area contributed by atoms with Gasteiger partial charge in [-0.15, -0.1) is 10.2 Å². The van der Waals surface area contributed by atoms with Gasteiger partial charge in [-0.2, -0.15) is 0 Å². The molecule has 112 valence electrons. The monoisotopic (exact) mass is 298 g/mol. The molecule has 0 unspecified atom stereocenters. The second kappa shape index (κ2) is 5.55. The summed E-state index contributed by atoms with van der Waals surface area (Å²) in [6.07, 6.45) is 1.76. The zero-order valence-electron chi connectivity index (χ0n) is 12.2. The van der Waals surface area contributed by atoms with Gasteiger partial charge in [0.25, 0.3) is 0 Å². The lowest BCUT2D eigenvalue weighted by atomic mass is 10.1. The van der Waals surface area contributed by atoms with Gasteiger partial charge in [-0.25, -0.2) is 9.37 Å². The lowest BCUT2D eigenvalue weighted by Crippen LogP contribution is -1.87. The lowest BCUT2D eigenvalue weighted by molar-refractivity contribution is 0.477. The first-order valence-electron chi connectivity index (χ1n) is 6.93. The van der Waals surface area contributed by atoms with Gasteiger partial charge in [-0.1, -0.05) is 19.9 Å². The summed E-state index contributed by atoms with van der Waals surface area (Å²) >= 11 is 0. The van der Waals surface area contributed by atoms with Crippen molar-refractivity contribution in [2.45, 2.75) is 19.8 Å². The number of rotatable bonds is 3. The zero-order valence-corrected chi connectivity index (χ0v) is 12.2. The van der Waals surface area contributed by atoms with Crippen LogP contribution in [0.5, 0.6) is 5.75 Å². The number of pyridine rings is 1. The minimum Gasteiger partial charge on any atom is -0.504 e. The van der Waals surface area contributed by atoms with Crippen LogP contribution in [0.25, 0.3) is 5.65 Å². The third kappa shape index (κ3) is 2.55. The van der Waals surface area contributed by atoms with Gasteiger partial charge in [-0.3, -0.25) is 4.40 Å². The SMILES string of the molecule is CC(C)c1nc2c(O)cccn2c1N=Nc1cccc(F)c1. The molecule has 0 aliphatic carbocycles. The van der Waals surface area contributed by atoms with Crippen molar-refractivity contribution in [3.05, 3.63) is 54.1 Å². The van der Waals surface area contributed by atoms with E-state index in [0.29, 0.717) is 17.2 Å². The molecule has 1 aromatic carbocycles. The second-order valence-corrected chi connectivity index (χ2v) is 5.24. The van der Waals surface area contributed by atoms with Gasteiger partial charge in [0.1, 0.15) is 5.82 Å². The molecular weight excluding hydrogens is 283 g/mol. The van der Waals surface area contributed by atoms with Crippen molar-refractivity contribution in [2.75, 3.05) is 0 Å². The molecule has 2 heterocycles. The van der Waals surface area contributed by atoms with Crippen molar-refractivity contribution in [1.82, 2.24) is 9.38 Å². The Hall–Kier alpha value is -2.76. The van der Waals surface area contributed by atoms with E-state index < -0.39 is 0 Å². The maximum absolute atomic E-state index is 13.2. The topological polar surface area (TPSA) is 62.2 Å². The van der Waals surface area contributed by atoms with E-state index in [1.54, 1.807) is 34.9 Å². The van der Waals surface area contributed by atoms with Crippen LogP contribution < -0.4 is 0 Å². The largest absolute Gasteiger partial charge is 0.504 e. The van der Waals surface area contributed by atoms with Gasteiger partial charge >= 0.3 is 0 Å². The first-order valence-corrected chi connectivity index (χ1v) is 6.93. The number of hydrogen-bond acceptors (Lipinski definition) is 4. The van der Waals surface area contributed by atoms with Gasteiger partial charge in [0.2, 0.25) is 0 Å². The number of azo groups is 1. The summed E-state index contributed by atoms with van der Waals surface area (Å²) < 4.78 is 14.9. The van der Waals surface area contributed by atoms with Crippen LogP contribution in [-0.4, -0.2) is 14.5 Å². The highest BCUT2D eigenvalue weighted by Crippen LogP contribution is 2.32. The maximum atomic E-state index is 13.2. The zero-order chi connectivity index (χ0) is 15.7. The number of aromatic hydroxyl groups is 1. The average molecular weight is 298 g/mol. The number of nitrogens with zero attached hydrogens (tertiary/aromatic N) is 4. The molecule has 2 aromatic heterocycles. The molecule has 0 spiro atoms. The van der Waals surface area contributed by atoms with Crippen LogP contribution >= 0.6 is 0 Å². The van der Waals surface area contributed by atoms with Gasteiger partial charge in [0.05, 0.1) is 11.4 Å². The smallest absolute Gasteiger partial charge is 0.183 e. The van der Waals surface area contributed by atoms with Gasteiger partial charge in [0.15, 0.2) is 17.2 Å². The Morgan fingerprint density at radius 2 is 2.00 bits per heavy atom. The van der Waals surface area contributed by atoms with E-state index in [1.165, 1.54) is 12.1 Å². The van der Waals surface area contributed by atoms with Gasteiger partial charge in [-0.05, 0) is 30.2 Å². The third-order valence-electron chi connectivity index (χ3n) is 3.25. The Bertz CT molecular complexity index is 854. The van der Waals surface area contributed by atoms with Crippen LogP contribution in [0.3, 0.4) is 0 Å². The molecule has 0 fully saturated rings. The molecule has 0 amide bonds. The molecule has 0 aliphatic rings. The summed E-state index contributed by atoms with van der Waals surface area (Å²) in [6.45, 7) is 3.97. The molecule has 0 aliphatic heterocycles. The first-order chi connectivity index (χ1) is 10.6. The highest BCUT2D eigenvalue weighted by molar-refractivity contribution is 5.60. The molecule has 0 radical (unpaired) electrons. The van der Waals surface area contributed by atoms with Crippen molar-refractivity contribution < 1.29 is 9.50 Å². The molecule has 0 saturated carbocycles. The molecule has 22 heavy (non-hydrogen) atoms. The Kier molecular flexibility index (Phi) is 3.58. The molecule has 3 aromatic rings. The molecule has 6 heteroatoms. The van der Waals surface area contributed by atoms with Crippen LogP contribution in [0.1, 0.15) is 25.5 Å². The van der Waals surface area contributed by atoms with Gasteiger partial charge in [0, 0.05) is 12.3 Å². The molecular formula is C16H15FN4O. The number of hydrogen-bond donors (Lipinski definition) is 1. The van der Waals surface area contributed by atoms with Crippen molar-refractivity contribution in [3.63, 3.8) is 0 Å². The van der Waals surface area contributed by atoms with Gasteiger partial charge < -0.3 is 5.11 Å². The molecule has 0 atom stereocenters. The maximum Gasteiger partial charge on any atom is 0.183 e. The minimum absolute atomic E-state index is 0.0802. The molecule has 5 nitrogen and oxygen atoms in total. The third-order valence-corrected chi connectivity index (χ3v) is 3.25. The number of aromatic nitrogens is 2. The fraction of sp³-hybridized carbons (Fsp3) is 0.188. The minimum atomic E-state index is -0.365. The predicted molar refractivity (Wildman–Crippen MR) is 81.5 cm³/mol. The Morgan fingerprint density at radius 3 is 2.73 bits per heavy atom. The molecule has 1 N–H and O–H groups in total. The average Bonchev–Trinajstić information content (AvgIpc) is 2.86. The summed E-state index contributed by atoms with van der Waals surface area (Å²) in [6, 6.07) is 9.18. The summed E-state index contributed by atoms with van der Waals surface area (Å²) in [5.41, 5.74) is 1.57. The van der Waals surface area contributed by atoms with Crippen molar-refractivity contribution in [1.29, 1.82) is 0 Å². The molecule has 0 bridgehead atoms. The van der Waals surface area contributed by atoms with Crippen molar-refractivity contribution in [2.24, 2.45) is 10.2 Å². The van der Waals surface area contributed by atoms with E-state index in [9.17, 15) is 9.50 Å². The number of fused-ring (bicyclic) bond motifs is 1. The van der Waals surface area contributed by atoms with E-state index in [1.807, 2.05) is 13.8 Å². The number of benzene rings is 1. The van der Waals surface area contributed by atoms with Crippen molar-refractivity contribution >= 4 is 17.2 Å².